The van der Waals surface area contributed by atoms with Gasteiger partial charge < -0.3 is 24.3 Å². The Morgan fingerprint density at radius 1 is 1.00 bits per heavy atom. The third-order valence-corrected chi connectivity index (χ3v) is 2.58. The molecule has 0 fully saturated rings. The van der Waals surface area contributed by atoms with E-state index in [-0.39, 0.29) is 6.10 Å². The molecule has 0 saturated heterocycles. The van der Waals surface area contributed by atoms with E-state index < -0.39 is 0 Å². The Morgan fingerprint density at radius 2 is 1.58 bits per heavy atom. The minimum absolute atomic E-state index is 0.0497. The van der Waals surface area contributed by atoms with Gasteiger partial charge in [0.2, 0.25) is 0 Å². The van der Waals surface area contributed by atoms with Crippen molar-refractivity contribution in [3.63, 3.8) is 0 Å². The van der Waals surface area contributed by atoms with Crippen molar-refractivity contribution in [3.05, 3.63) is 18.2 Å². The zero-order valence-corrected chi connectivity index (χ0v) is 12.1. The van der Waals surface area contributed by atoms with E-state index in [2.05, 4.69) is 5.32 Å². The summed E-state index contributed by atoms with van der Waals surface area (Å²) in [5, 5.41) is 3.25. The quantitative estimate of drug-likeness (QED) is 0.692. The molecule has 0 heterocycles. The Hall–Kier alpha value is -1.46. The predicted octanol–water partition coefficient (Wildman–Crippen LogP) is 1.71. The van der Waals surface area contributed by atoms with E-state index in [4.69, 9.17) is 18.9 Å². The molecule has 0 aromatic heterocycles. The molecule has 0 spiro atoms. The van der Waals surface area contributed by atoms with E-state index in [1.165, 1.54) is 0 Å². The fraction of sp³-hybridized carbons (Fsp3) is 0.571. The van der Waals surface area contributed by atoms with Crippen molar-refractivity contribution in [3.8, 4) is 17.2 Å². The first-order chi connectivity index (χ1) is 9.19. The maximum absolute atomic E-state index is 5.82. The van der Waals surface area contributed by atoms with Crippen LogP contribution in [-0.2, 0) is 4.74 Å². The lowest BCUT2D eigenvalue weighted by molar-refractivity contribution is 0.184. The van der Waals surface area contributed by atoms with Crippen molar-refractivity contribution >= 4 is 0 Å². The molecule has 19 heavy (non-hydrogen) atoms. The van der Waals surface area contributed by atoms with Gasteiger partial charge in [-0.2, -0.15) is 0 Å². The molecule has 0 aliphatic rings. The van der Waals surface area contributed by atoms with Crippen LogP contribution in [0.15, 0.2) is 18.2 Å². The van der Waals surface area contributed by atoms with E-state index in [0.29, 0.717) is 18.1 Å². The van der Waals surface area contributed by atoms with Gasteiger partial charge in [0.1, 0.15) is 23.4 Å². The minimum atomic E-state index is 0.0497. The maximum atomic E-state index is 5.82. The molecule has 0 bridgehead atoms. The summed E-state index contributed by atoms with van der Waals surface area (Å²) in [6.45, 7) is 4.26. The molecule has 5 nitrogen and oxygen atoms in total. The van der Waals surface area contributed by atoms with E-state index in [1.807, 2.05) is 25.1 Å². The number of ether oxygens (including phenoxy) is 4. The molecule has 0 saturated carbocycles. The molecule has 0 aliphatic heterocycles. The smallest absolute Gasteiger partial charge is 0.127 e. The second kappa shape index (κ2) is 8.61. The van der Waals surface area contributed by atoms with Gasteiger partial charge in [-0.1, -0.05) is 0 Å². The van der Waals surface area contributed by atoms with Gasteiger partial charge >= 0.3 is 0 Å². The van der Waals surface area contributed by atoms with Crippen LogP contribution in [0.2, 0.25) is 0 Å². The van der Waals surface area contributed by atoms with Crippen LogP contribution < -0.4 is 19.5 Å². The molecule has 108 valence electrons. The SMILES string of the molecule is COCCNCC(C)Oc1cc(OC)cc(OC)c1. The Balaban J connectivity index is 2.50. The van der Waals surface area contributed by atoms with Crippen molar-refractivity contribution in [2.75, 3.05) is 41.0 Å². The molecule has 1 N–H and O–H groups in total. The third-order valence-electron chi connectivity index (χ3n) is 2.58. The standard InChI is InChI=1S/C14H23NO4/c1-11(10-15-5-6-16-2)19-14-8-12(17-3)7-13(9-14)18-4/h7-9,11,15H,5-6,10H2,1-4H3. The summed E-state index contributed by atoms with van der Waals surface area (Å²) in [6, 6.07) is 5.50. The average molecular weight is 269 g/mol. The average Bonchev–Trinajstić information content (AvgIpc) is 2.43. The van der Waals surface area contributed by atoms with Gasteiger partial charge in [0, 0.05) is 38.4 Å². The summed E-state index contributed by atoms with van der Waals surface area (Å²) in [6.07, 6.45) is 0.0497. The summed E-state index contributed by atoms with van der Waals surface area (Å²) in [5.74, 6) is 2.17. The van der Waals surface area contributed by atoms with Crippen LogP contribution in [-0.4, -0.2) is 47.1 Å². The van der Waals surface area contributed by atoms with Gasteiger partial charge in [-0.25, -0.2) is 0 Å². The third kappa shape index (κ3) is 5.81. The van der Waals surface area contributed by atoms with Crippen LogP contribution in [0.5, 0.6) is 17.2 Å². The molecule has 0 amide bonds. The fourth-order valence-corrected chi connectivity index (χ4v) is 1.60. The largest absolute Gasteiger partial charge is 0.496 e. The zero-order valence-electron chi connectivity index (χ0n) is 12.1. The molecular formula is C14H23NO4. The number of benzene rings is 1. The highest BCUT2D eigenvalue weighted by atomic mass is 16.5. The van der Waals surface area contributed by atoms with Crippen LogP contribution in [0.25, 0.3) is 0 Å². The van der Waals surface area contributed by atoms with Gasteiger partial charge in [-0.3, -0.25) is 0 Å². The summed E-state index contributed by atoms with van der Waals surface area (Å²) >= 11 is 0. The fourth-order valence-electron chi connectivity index (χ4n) is 1.60. The predicted molar refractivity (Wildman–Crippen MR) is 74.4 cm³/mol. The summed E-state index contributed by atoms with van der Waals surface area (Å²) < 4.78 is 21.2. The molecule has 5 heteroatoms. The molecule has 1 atom stereocenters. The lowest BCUT2D eigenvalue weighted by Crippen LogP contribution is -2.31. The van der Waals surface area contributed by atoms with Crippen LogP contribution in [0, 0.1) is 0 Å². The number of methoxy groups -OCH3 is 3. The molecule has 1 aromatic rings. The first-order valence-electron chi connectivity index (χ1n) is 6.29. The highest BCUT2D eigenvalue weighted by molar-refractivity contribution is 5.42. The zero-order chi connectivity index (χ0) is 14.1. The minimum Gasteiger partial charge on any atom is -0.496 e. The van der Waals surface area contributed by atoms with E-state index in [0.717, 1.165) is 18.8 Å². The second-order valence-corrected chi connectivity index (χ2v) is 4.17. The number of hydrogen-bond donors (Lipinski definition) is 1. The van der Waals surface area contributed by atoms with Gasteiger partial charge in [-0.05, 0) is 6.92 Å². The molecule has 1 aromatic carbocycles. The van der Waals surface area contributed by atoms with Crippen molar-refractivity contribution in [2.45, 2.75) is 13.0 Å². The number of nitrogens with one attached hydrogen (secondary N) is 1. The first kappa shape index (κ1) is 15.6. The topological polar surface area (TPSA) is 49.0 Å². The van der Waals surface area contributed by atoms with E-state index in [1.54, 1.807) is 21.3 Å². The molecule has 1 rings (SSSR count). The van der Waals surface area contributed by atoms with Gasteiger partial charge in [-0.15, -0.1) is 0 Å². The monoisotopic (exact) mass is 269 g/mol. The van der Waals surface area contributed by atoms with Crippen molar-refractivity contribution in [1.82, 2.24) is 5.32 Å². The second-order valence-electron chi connectivity index (χ2n) is 4.17. The van der Waals surface area contributed by atoms with Crippen LogP contribution in [0.4, 0.5) is 0 Å². The molecule has 0 radical (unpaired) electrons. The summed E-state index contributed by atoms with van der Waals surface area (Å²) in [4.78, 5) is 0. The Labute approximate surface area is 114 Å². The van der Waals surface area contributed by atoms with Crippen molar-refractivity contribution in [2.24, 2.45) is 0 Å². The van der Waals surface area contributed by atoms with Crippen LogP contribution >= 0.6 is 0 Å². The Kier molecular flexibility index (Phi) is 7.07. The lowest BCUT2D eigenvalue weighted by atomic mass is 10.3. The lowest BCUT2D eigenvalue weighted by Gasteiger charge is -2.16. The van der Waals surface area contributed by atoms with Gasteiger partial charge in [0.15, 0.2) is 0 Å². The molecular weight excluding hydrogens is 246 g/mol. The summed E-state index contributed by atoms with van der Waals surface area (Å²) in [7, 11) is 4.92. The normalized spacial score (nSPS) is 12.0. The molecule has 0 aliphatic carbocycles. The number of rotatable bonds is 9. The maximum Gasteiger partial charge on any atom is 0.127 e. The Morgan fingerprint density at radius 3 is 2.11 bits per heavy atom. The van der Waals surface area contributed by atoms with E-state index >= 15 is 0 Å². The first-order valence-corrected chi connectivity index (χ1v) is 6.29. The Bertz CT molecular complexity index is 348. The summed E-state index contributed by atoms with van der Waals surface area (Å²) in [5.41, 5.74) is 0. The highest BCUT2D eigenvalue weighted by Gasteiger charge is 2.07. The van der Waals surface area contributed by atoms with Gasteiger partial charge in [0.05, 0.1) is 20.8 Å². The van der Waals surface area contributed by atoms with Crippen LogP contribution in [0.3, 0.4) is 0 Å². The van der Waals surface area contributed by atoms with Gasteiger partial charge in [0.25, 0.3) is 0 Å². The highest BCUT2D eigenvalue weighted by Crippen LogP contribution is 2.27. The van der Waals surface area contributed by atoms with Crippen LogP contribution in [0.1, 0.15) is 6.92 Å². The van der Waals surface area contributed by atoms with E-state index in [9.17, 15) is 0 Å². The number of hydrogen-bond acceptors (Lipinski definition) is 5. The van der Waals surface area contributed by atoms with Crippen molar-refractivity contribution in [1.29, 1.82) is 0 Å². The van der Waals surface area contributed by atoms with Crippen molar-refractivity contribution < 1.29 is 18.9 Å². The molecule has 1 unspecified atom stereocenters.